The van der Waals surface area contributed by atoms with Crippen LogP contribution in [0.15, 0.2) is 0 Å². The molecule has 1 aliphatic heterocycles. The maximum absolute atomic E-state index is 11.6. The van der Waals surface area contributed by atoms with Crippen molar-refractivity contribution in [3.8, 4) is 0 Å². The summed E-state index contributed by atoms with van der Waals surface area (Å²) >= 11 is 0. The summed E-state index contributed by atoms with van der Waals surface area (Å²) in [5.41, 5.74) is -0.695. The molecule has 6 heteroatoms. The molecular weight excluding hydrogens is 224 g/mol. The molecule has 0 radical (unpaired) electrons. The highest BCUT2D eigenvalue weighted by Gasteiger charge is 2.36. The molecule has 0 aromatic rings. The van der Waals surface area contributed by atoms with Gasteiger partial charge >= 0.3 is 11.9 Å². The summed E-state index contributed by atoms with van der Waals surface area (Å²) < 4.78 is 4.72. The minimum atomic E-state index is -0.863. The number of hydrogen-bond donors (Lipinski definition) is 2. The van der Waals surface area contributed by atoms with Gasteiger partial charge in [-0.3, -0.25) is 14.5 Å². The number of methoxy groups -OCH3 is 1. The number of rotatable bonds is 4. The Labute approximate surface area is 101 Å². The summed E-state index contributed by atoms with van der Waals surface area (Å²) in [7, 11) is 1.34. The topological polar surface area (TPSA) is 78.9 Å². The van der Waals surface area contributed by atoms with E-state index in [9.17, 15) is 9.59 Å². The van der Waals surface area contributed by atoms with Gasteiger partial charge in [-0.05, 0) is 13.8 Å². The van der Waals surface area contributed by atoms with E-state index in [1.807, 2.05) is 4.90 Å². The van der Waals surface area contributed by atoms with E-state index < -0.39 is 17.4 Å². The Morgan fingerprint density at radius 3 is 2.71 bits per heavy atom. The zero-order valence-electron chi connectivity index (χ0n) is 10.5. The van der Waals surface area contributed by atoms with E-state index in [-0.39, 0.29) is 5.97 Å². The van der Waals surface area contributed by atoms with Crippen LogP contribution in [0.3, 0.4) is 0 Å². The molecule has 17 heavy (non-hydrogen) atoms. The molecule has 1 rings (SSSR count). The van der Waals surface area contributed by atoms with Gasteiger partial charge in [0.05, 0.1) is 12.5 Å². The van der Waals surface area contributed by atoms with Crippen LogP contribution in [0.25, 0.3) is 0 Å². The van der Waals surface area contributed by atoms with Gasteiger partial charge in [0.15, 0.2) is 0 Å². The summed E-state index contributed by atoms with van der Waals surface area (Å²) in [6, 6.07) is -0.576. The summed E-state index contributed by atoms with van der Waals surface area (Å²) in [5, 5.41) is 12.1. The molecule has 1 fully saturated rings. The number of carboxylic acids is 1. The Hall–Kier alpha value is -1.14. The first-order valence-electron chi connectivity index (χ1n) is 5.64. The highest BCUT2D eigenvalue weighted by molar-refractivity contribution is 5.77. The number of carbonyl (C=O) groups is 2. The number of aliphatic carboxylic acids is 1. The normalized spacial score (nSPS) is 22.2. The number of nitrogens with one attached hydrogen (secondary N) is 1. The Kier molecular flexibility index (Phi) is 4.47. The van der Waals surface area contributed by atoms with Crippen molar-refractivity contribution in [2.24, 2.45) is 5.41 Å². The maximum Gasteiger partial charge on any atom is 0.322 e. The highest BCUT2D eigenvalue weighted by atomic mass is 16.5. The van der Waals surface area contributed by atoms with E-state index in [2.05, 4.69) is 5.32 Å². The molecule has 98 valence electrons. The number of esters is 1. The summed E-state index contributed by atoms with van der Waals surface area (Å²) in [6.07, 6.45) is 0. The van der Waals surface area contributed by atoms with Crippen molar-refractivity contribution in [1.29, 1.82) is 0 Å². The van der Waals surface area contributed by atoms with E-state index in [0.717, 1.165) is 6.54 Å². The lowest BCUT2D eigenvalue weighted by atomic mass is 9.92. The lowest BCUT2D eigenvalue weighted by Crippen LogP contribution is -2.57. The monoisotopic (exact) mass is 244 g/mol. The fraction of sp³-hybridized carbons (Fsp3) is 0.818. The van der Waals surface area contributed by atoms with Gasteiger partial charge in [-0.1, -0.05) is 0 Å². The van der Waals surface area contributed by atoms with E-state index in [1.54, 1.807) is 13.8 Å². The number of hydrogen-bond acceptors (Lipinski definition) is 5. The van der Waals surface area contributed by atoms with Crippen molar-refractivity contribution in [3.63, 3.8) is 0 Å². The third-order valence-corrected chi connectivity index (χ3v) is 2.98. The molecule has 2 N–H and O–H groups in total. The van der Waals surface area contributed by atoms with E-state index in [1.165, 1.54) is 7.11 Å². The van der Waals surface area contributed by atoms with Crippen molar-refractivity contribution in [1.82, 2.24) is 10.2 Å². The van der Waals surface area contributed by atoms with Gasteiger partial charge in [0.25, 0.3) is 0 Å². The number of carbonyl (C=O) groups excluding carboxylic acids is 1. The van der Waals surface area contributed by atoms with E-state index in [0.29, 0.717) is 19.6 Å². The zero-order valence-corrected chi connectivity index (χ0v) is 10.5. The molecule has 0 bridgehead atoms. The Morgan fingerprint density at radius 1 is 1.53 bits per heavy atom. The average Bonchev–Trinajstić information content (AvgIpc) is 2.27. The number of ether oxygens (including phenoxy) is 1. The second-order valence-corrected chi connectivity index (χ2v) is 4.90. The largest absolute Gasteiger partial charge is 0.480 e. The second kappa shape index (κ2) is 5.46. The van der Waals surface area contributed by atoms with Crippen LogP contribution >= 0.6 is 0 Å². The lowest BCUT2D eigenvalue weighted by molar-refractivity contribution is -0.155. The minimum Gasteiger partial charge on any atom is -0.480 e. The molecule has 0 spiro atoms. The number of nitrogens with zero attached hydrogens (tertiary/aromatic N) is 1. The van der Waals surface area contributed by atoms with Crippen molar-refractivity contribution in [2.45, 2.75) is 19.9 Å². The predicted molar refractivity (Wildman–Crippen MR) is 61.7 cm³/mol. The summed E-state index contributed by atoms with van der Waals surface area (Å²) in [4.78, 5) is 24.5. The molecular formula is C11H20N2O4. The Bertz CT molecular complexity index is 304. The molecule has 0 aromatic heterocycles. The smallest absolute Gasteiger partial charge is 0.322 e. The third-order valence-electron chi connectivity index (χ3n) is 2.98. The Morgan fingerprint density at radius 2 is 2.18 bits per heavy atom. The molecule has 1 aliphatic rings. The first-order chi connectivity index (χ1) is 7.88. The predicted octanol–water partition coefficient (Wildman–Crippen LogP) is -0.456. The zero-order chi connectivity index (χ0) is 13.1. The van der Waals surface area contributed by atoms with Crippen LogP contribution in [0.1, 0.15) is 13.8 Å². The van der Waals surface area contributed by atoms with Gasteiger partial charge in [-0.25, -0.2) is 0 Å². The van der Waals surface area contributed by atoms with Gasteiger partial charge in [0.1, 0.15) is 6.04 Å². The molecule has 1 atom stereocenters. The van der Waals surface area contributed by atoms with Crippen molar-refractivity contribution in [3.05, 3.63) is 0 Å². The SMILES string of the molecule is COC(=O)C(C)(C)CN1CCNCC1C(=O)O. The first-order valence-corrected chi connectivity index (χ1v) is 5.64. The molecule has 0 amide bonds. The van der Waals surface area contributed by atoms with Gasteiger partial charge < -0.3 is 15.2 Å². The molecule has 1 heterocycles. The first kappa shape index (κ1) is 13.9. The van der Waals surface area contributed by atoms with Crippen LogP contribution in [-0.4, -0.2) is 61.3 Å². The highest BCUT2D eigenvalue weighted by Crippen LogP contribution is 2.21. The van der Waals surface area contributed by atoms with Crippen LogP contribution < -0.4 is 5.32 Å². The van der Waals surface area contributed by atoms with Gasteiger partial charge in [0.2, 0.25) is 0 Å². The average molecular weight is 244 g/mol. The van der Waals surface area contributed by atoms with Crippen molar-refractivity contribution < 1.29 is 19.4 Å². The molecule has 1 saturated heterocycles. The lowest BCUT2D eigenvalue weighted by Gasteiger charge is -2.37. The minimum absolute atomic E-state index is 0.319. The van der Waals surface area contributed by atoms with E-state index in [4.69, 9.17) is 9.84 Å². The van der Waals surface area contributed by atoms with Gasteiger partial charge in [-0.15, -0.1) is 0 Å². The maximum atomic E-state index is 11.6. The van der Waals surface area contributed by atoms with Crippen molar-refractivity contribution in [2.75, 3.05) is 33.3 Å². The fourth-order valence-corrected chi connectivity index (χ4v) is 2.03. The molecule has 0 aromatic carbocycles. The second-order valence-electron chi connectivity index (χ2n) is 4.90. The van der Waals surface area contributed by atoms with Crippen LogP contribution in [-0.2, 0) is 14.3 Å². The molecule has 1 unspecified atom stereocenters. The fourth-order valence-electron chi connectivity index (χ4n) is 2.03. The van der Waals surface area contributed by atoms with Crippen LogP contribution in [0, 0.1) is 5.41 Å². The summed E-state index contributed by atoms with van der Waals surface area (Å²) in [6.45, 7) is 5.68. The quantitative estimate of drug-likeness (QED) is 0.652. The van der Waals surface area contributed by atoms with Crippen molar-refractivity contribution >= 4 is 11.9 Å². The summed E-state index contributed by atoms with van der Waals surface area (Å²) in [5.74, 6) is -1.18. The van der Waals surface area contributed by atoms with Crippen LogP contribution in [0.2, 0.25) is 0 Å². The molecule has 6 nitrogen and oxygen atoms in total. The van der Waals surface area contributed by atoms with Gasteiger partial charge in [-0.2, -0.15) is 0 Å². The van der Waals surface area contributed by atoms with Gasteiger partial charge in [0, 0.05) is 26.2 Å². The third kappa shape index (κ3) is 3.41. The molecule has 0 saturated carbocycles. The van der Waals surface area contributed by atoms with E-state index >= 15 is 0 Å². The van der Waals surface area contributed by atoms with Crippen LogP contribution in [0.4, 0.5) is 0 Å². The van der Waals surface area contributed by atoms with Crippen LogP contribution in [0.5, 0.6) is 0 Å². The number of carboxylic acid groups (broad SMARTS) is 1. The molecule has 0 aliphatic carbocycles. The number of piperazine rings is 1. The standard InChI is InChI=1S/C11H20N2O4/c1-11(2,10(16)17-3)7-13-5-4-12-6-8(13)9(14)15/h8,12H,4-7H2,1-3H3,(H,14,15). The Balaban J connectivity index is 2.70.